The fourth-order valence-electron chi connectivity index (χ4n) is 1.67. The van der Waals surface area contributed by atoms with Crippen LogP contribution < -0.4 is 4.72 Å². The summed E-state index contributed by atoms with van der Waals surface area (Å²) in [6.45, 7) is 3.60. The molecule has 0 unspecified atom stereocenters. The number of sulfonamides is 1. The van der Waals surface area contributed by atoms with E-state index in [0.717, 1.165) is 12.8 Å². The maximum Gasteiger partial charge on any atom is 0.209 e. The molecule has 1 aliphatic rings. The molecule has 74 valence electrons. The van der Waals surface area contributed by atoms with E-state index in [2.05, 4.69) is 4.72 Å². The van der Waals surface area contributed by atoms with E-state index >= 15 is 0 Å². The van der Waals surface area contributed by atoms with Crippen molar-refractivity contribution in [3.63, 3.8) is 0 Å². The molecule has 1 fully saturated rings. The van der Waals surface area contributed by atoms with Gasteiger partial charge in [-0.15, -0.1) is 0 Å². The van der Waals surface area contributed by atoms with Crippen LogP contribution in [0.1, 0.15) is 39.5 Å². The third-order valence-corrected chi connectivity index (χ3v) is 4.64. The summed E-state index contributed by atoms with van der Waals surface area (Å²) in [7, 11) is 2.50. The van der Waals surface area contributed by atoms with Gasteiger partial charge in [-0.25, -0.2) is 13.1 Å². The monoisotopic (exact) mass is 201 g/mol. The van der Waals surface area contributed by atoms with Crippen LogP contribution in [0.25, 0.3) is 0 Å². The van der Waals surface area contributed by atoms with E-state index < -0.39 is 14.7 Å². The molecule has 13 heavy (non-hydrogen) atoms. The SMILES string of the molecule is [B]C1(S(=O)(=O)NC(C)C)CCCC1. The molecule has 5 heteroatoms. The number of hydrogen-bond donors (Lipinski definition) is 1. The molecule has 0 atom stereocenters. The average Bonchev–Trinajstić information content (AvgIpc) is 2.34. The summed E-state index contributed by atoms with van der Waals surface area (Å²) in [4.78, 5) is 0. The van der Waals surface area contributed by atoms with Gasteiger partial charge < -0.3 is 0 Å². The minimum absolute atomic E-state index is 0.0778. The lowest BCUT2D eigenvalue weighted by atomic mass is 9.85. The van der Waals surface area contributed by atoms with Gasteiger partial charge in [0.05, 0.1) is 7.85 Å². The third-order valence-electron chi connectivity index (χ3n) is 2.38. The van der Waals surface area contributed by atoms with Crippen LogP contribution in [-0.4, -0.2) is 27.0 Å². The average molecular weight is 201 g/mol. The van der Waals surface area contributed by atoms with E-state index in [1.54, 1.807) is 13.8 Å². The van der Waals surface area contributed by atoms with E-state index in [1.165, 1.54) is 0 Å². The van der Waals surface area contributed by atoms with E-state index in [1.807, 2.05) is 0 Å². The van der Waals surface area contributed by atoms with E-state index in [-0.39, 0.29) is 6.04 Å². The number of rotatable bonds is 3. The molecule has 0 aromatic carbocycles. The Bertz CT molecular complexity index is 268. The molecule has 0 heterocycles. The van der Waals surface area contributed by atoms with Crippen LogP contribution >= 0.6 is 0 Å². The van der Waals surface area contributed by atoms with Crippen molar-refractivity contribution in [2.24, 2.45) is 0 Å². The molecule has 0 aliphatic heterocycles. The Hall–Kier alpha value is -0.0251. The van der Waals surface area contributed by atoms with Gasteiger partial charge in [0, 0.05) is 10.7 Å². The largest absolute Gasteiger partial charge is 0.213 e. The maximum absolute atomic E-state index is 11.7. The van der Waals surface area contributed by atoms with Crippen LogP contribution in [0.15, 0.2) is 0 Å². The predicted molar refractivity (Wildman–Crippen MR) is 54.1 cm³/mol. The highest BCUT2D eigenvalue weighted by molar-refractivity contribution is 7.92. The summed E-state index contributed by atoms with van der Waals surface area (Å²) in [6, 6.07) is -0.0778. The van der Waals surface area contributed by atoms with Crippen molar-refractivity contribution in [1.82, 2.24) is 4.72 Å². The van der Waals surface area contributed by atoms with Crippen molar-refractivity contribution in [3.05, 3.63) is 0 Å². The molecule has 0 aromatic rings. The smallest absolute Gasteiger partial charge is 0.209 e. The molecular weight excluding hydrogens is 185 g/mol. The van der Waals surface area contributed by atoms with Gasteiger partial charge in [-0.05, 0) is 26.7 Å². The topological polar surface area (TPSA) is 46.2 Å². The van der Waals surface area contributed by atoms with Crippen molar-refractivity contribution < 1.29 is 8.42 Å². The van der Waals surface area contributed by atoms with Crippen molar-refractivity contribution in [3.8, 4) is 0 Å². The highest BCUT2D eigenvalue weighted by atomic mass is 32.2. The Morgan fingerprint density at radius 3 is 2.15 bits per heavy atom. The fraction of sp³-hybridized carbons (Fsp3) is 1.00. The summed E-state index contributed by atoms with van der Waals surface area (Å²) in [5.41, 5.74) is 0. The zero-order chi connectivity index (χ0) is 10.1. The van der Waals surface area contributed by atoms with Crippen LogP contribution in [0.2, 0.25) is 0 Å². The first-order valence-electron chi connectivity index (χ1n) is 4.68. The standard InChI is InChI=1S/C8H16BNO2S/c1-7(2)10-13(11,12)8(9)5-3-4-6-8/h7,10H,3-6H2,1-2H3. The molecule has 3 nitrogen and oxygen atoms in total. The zero-order valence-corrected chi connectivity index (χ0v) is 9.02. The molecule has 1 saturated carbocycles. The van der Waals surface area contributed by atoms with E-state index in [0.29, 0.717) is 12.8 Å². The van der Waals surface area contributed by atoms with Crippen molar-refractivity contribution >= 4 is 17.9 Å². The van der Waals surface area contributed by atoms with E-state index in [9.17, 15) is 8.42 Å². The molecule has 0 amide bonds. The molecule has 1 rings (SSSR count). The molecule has 0 spiro atoms. The third kappa shape index (κ3) is 2.26. The molecular formula is C8H16BNO2S. The highest BCUT2D eigenvalue weighted by Gasteiger charge is 2.40. The van der Waals surface area contributed by atoms with Gasteiger partial charge in [0.25, 0.3) is 0 Å². The Balaban J connectivity index is 2.79. The second-order valence-electron chi connectivity index (χ2n) is 4.05. The Labute approximate surface area is 81.8 Å². The Morgan fingerprint density at radius 1 is 1.31 bits per heavy atom. The first-order chi connectivity index (χ1) is 5.87. The minimum atomic E-state index is -3.33. The van der Waals surface area contributed by atoms with E-state index in [4.69, 9.17) is 7.85 Å². The van der Waals surface area contributed by atoms with Gasteiger partial charge in [0.15, 0.2) is 0 Å². The van der Waals surface area contributed by atoms with Crippen molar-refractivity contribution in [2.45, 2.75) is 50.2 Å². The Morgan fingerprint density at radius 2 is 1.77 bits per heavy atom. The number of hydrogen-bond acceptors (Lipinski definition) is 2. The summed E-state index contributed by atoms with van der Waals surface area (Å²) >= 11 is 0. The van der Waals surface area contributed by atoms with Gasteiger partial charge in [0.2, 0.25) is 10.0 Å². The zero-order valence-electron chi connectivity index (χ0n) is 8.21. The van der Waals surface area contributed by atoms with Crippen LogP contribution in [0.3, 0.4) is 0 Å². The quantitative estimate of drug-likeness (QED) is 0.685. The summed E-state index contributed by atoms with van der Waals surface area (Å²) in [5, 5.41) is 0. The summed E-state index contributed by atoms with van der Waals surface area (Å²) in [5.74, 6) is 0. The maximum atomic E-state index is 11.7. The first-order valence-corrected chi connectivity index (χ1v) is 6.16. The molecule has 0 bridgehead atoms. The normalized spacial score (nSPS) is 22.4. The van der Waals surface area contributed by atoms with Gasteiger partial charge in [-0.3, -0.25) is 0 Å². The predicted octanol–water partition coefficient (Wildman–Crippen LogP) is 0.753. The van der Waals surface area contributed by atoms with Gasteiger partial charge in [-0.1, -0.05) is 12.8 Å². The van der Waals surface area contributed by atoms with Crippen LogP contribution in [0.4, 0.5) is 0 Å². The molecule has 1 aliphatic carbocycles. The lowest BCUT2D eigenvalue weighted by molar-refractivity contribution is 0.543. The van der Waals surface area contributed by atoms with Crippen molar-refractivity contribution in [2.75, 3.05) is 0 Å². The van der Waals surface area contributed by atoms with Gasteiger partial charge in [0.1, 0.15) is 0 Å². The lowest BCUT2D eigenvalue weighted by Crippen LogP contribution is -2.47. The van der Waals surface area contributed by atoms with Crippen LogP contribution in [-0.2, 0) is 10.0 Å². The Kier molecular flexibility index (Phi) is 3.07. The second kappa shape index (κ2) is 3.61. The highest BCUT2D eigenvalue weighted by Crippen LogP contribution is 2.33. The summed E-state index contributed by atoms with van der Waals surface area (Å²) in [6.07, 6.45) is 2.98. The first kappa shape index (κ1) is 11.1. The molecule has 0 aromatic heterocycles. The summed E-state index contributed by atoms with van der Waals surface area (Å²) < 4.78 is 25.0. The van der Waals surface area contributed by atoms with Crippen molar-refractivity contribution in [1.29, 1.82) is 0 Å². The second-order valence-corrected chi connectivity index (χ2v) is 6.10. The fourth-order valence-corrected chi connectivity index (χ4v) is 3.35. The molecule has 2 radical (unpaired) electrons. The van der Waals surface area contributed by atoms with Gasteiger partial charge in [-0.2, -0.15) is 0 Å². The van der Waals surface area contributed by atoms with Gasteiger partial charge >= 0.3 is 0 Å². The molecule has 0 saturated heterocycles. The minimum Gasteiger partial charge on any atom is -0.213 e. The van der Waals surface area contributed by atoms with Crippen LogP contribution in [0.5, 0.6) is 0 Å². The van der Waals surface area contributed by atoms with Crippen LogP contribution in [0, 0.1) is 0 Å². The lowest BCUT2D eigenvalue weighted by Gasteiger charge is -2.25. The number of nitrogens with one attached hydrogen (secondary N) is 1. The molecule has 1 N–H and O–H groups in total.